The number of thioether (sulfide) groups is 1. The number of nitrogens with zero attached hydrogens (tertiary/aromatic N) is 2. The number of aromatic amines is 1. The predicted molar refractivity (Wildman–Crippen MR) is 109 cm³/mol. The molecule has 0 spiro atoms. The zero-order valence-electron chi connectivity index (χ0n) is 15.8. The molecular formula is C21H17N3O4S. The molecule has 0 aliphatic rings. The van der Waals surface area contributed by atoms with Crippen molar-refractivity contribution in [3.63, 3.8) is 0 Å². The van der Waals surface area contributed by atoms with Gasteiger partial charge in [-0.2, -0.15) is 5.26 Å². The molecular weight excluding hydrogens is 390 g/mol. The van der Waals surface area contributed by atoms with Gasteiger partial charge >= 0.3 is 5.97 Å². The molecule has 1 N–H and O–H groups in total. The van der Waals surface area contributed by atoms with Gasteiger partial charge in [0.25, 0.3) is 5.56 Å². The first-order chi connectivity index (χ1) is 14.0. The first-order valence-electron chi connectivity index (χ1n) is 8.54. The van der Waals surface area contributed by atoms with Gasteiger partial charge in [-0.3, -0.25) is 4.79 Å². The van der Waals surface area contributed by atoms with E-state index in [2.05, 4.69) is 9.97 Å². The lowest BCUT2D eigenvalue weighted by Crippen LogP contribution is -2.14. The van der Waals surface area contributed by atoms with Crippen LogP contribution in [0, 0.1) is 11.3 Å². The molecule has 29 heavy (non-hydrogen) atoms. The fraction of sp³-hybridized carbons (Fsp3) is 0.143. The smallest absolute Gasteiger partial charge is 0.337 e. The van der Waals surface area contributed by atoms with Crippen molar-refractivity contribution in [2.75, 3.05) is 13.4 Å². The Labute approximate surface area is 171 Å². The van der Waals surface area contributed by atoms with E-state index in [1.165, 1.54) is 18.9 Å². The highest BCUT2D eigenvalue weighted by Gasteiger charge is 2.13. The molecule has 0 aliphatic carbocycles. The average Bonchev–Trinajstić information content (AvgIpc) is 2.77. The number of carbonyl (C=O) groups is 1. The summed E-state index contributed by atoms with van der Waals surface area (Å²) in [6.07, 6.45) is 1.79. The minimum Gasteiger partial charge on any atom is -0.489 e. The Hall–Kier alpha value is -3.57. The molecule has 2 aromatic carbocycles. The van der Waals surface area contributed by atoms with Crippen LogP contribution >= 0.6 is 11.8 Å². The number of nitriles is 1. The lowest BCUT2D eigenvalue weighted by Gasteiger charge is -2.09. The van der Waals surface area contributed by atoms with Crippen molar-refractivity contribution in [1.29, 1.82) is 5.26 Å². The summed E-state index contributed by atoms with van der Waals surface area (Å²) in [6, 6.07) is 15.9. The summed E-state index contributed by atoms with van der Waals surface area (Å²) in [5, 5.41) is 9.73. The van der Waals surface area contributed by atoms with Gasteiger partial charge in [-0.1, -0.05) is 23.9 Å². The second-order valence-electron chi connectivity index (χ2n) is 5.92. The maximum atomic E-state index is 12.1. The monoisotopic (exact) mass is 407 g/mol. The average molecular weight is 407 g/mol. The molecule has 3 aromatic rings. The van der Waals surface area contributed by atoms with Crippen LogP contribution in [0.15, 0.2) is 58.5 Å². The van der Waals surface area contributed by atoms with Crippen molar-refractivity contribution < 1.29 is 14.3 Å². The molecule has 0 atom stereocenters. The molecule has 1 aromatic heterocycles. The molecule has 0 saturated heterocycles. The minimum absolute atomic E-state index is 0.0314. The number of H-pyrrole nitrogens is 1. The number of carbonyl (C=O) groups excluding carboxylic acids is 1. The summed E-state index contributed by atoms with van der Waals surface area (Å²) in [5.74, 6) is 0.199. The zero-order chi connectivity index (χ0) is 20.8. The van der Waals surface area contributed by atoms with Crippen LogP contribution < -0.4 is 10.3 Å². The summed E-state index contributed by atoms with van der Waals surface area (Å²) in [7, 11) is 1.34. The van der Waals surface area contributed by atoms with Crippen LogP contribution in [0.25, 0.3) is 11.3 Å². The molecule has 3 rings (SSSR count). The summed E-state index contributed by atoms with van der Waals surface area (Å²) >= 11 is 1.29. The van der Waals surface area contributed by atoms with Gasteiger partial charge in [0.15, 0.2) is 5.16 Å². The van der Waals surface area contributed by atoms with Gasteiger partial charge in [0.2, 0.25) is 0 Å². The van der Waals surface area contributed by atoms with Crippen LogP contribution in [-0.4, -0.2) is 29.3 Å². The lowest BCUT2D eigenvalue weighted by atomic mass is 10.1. The van der Waals surface area contributed by atoms with Gasteiger partial charge in [-0.15, -0.1) is 0 Å². The molecule has 146 valence electrons. The van der Waals surface area contributed by atoms with E-state index in [1.54, 1.807) is 48.7 Å². The highest BCUT2D eigenvalue weighted by Crippen LogP contribution is 2.24. The van der Waals surface area contributed by atoms with Crippen molar-refractivity contribution in [3.05, 3.63) is 75.6 Å². The molecule has 7 nitrogen and oxygen atoms in total. The van der Waals surface area contributed by atoms with E-state index in [1.807, 2.05) is 12.1 Å². The largest absolute Gasteiger partial charge is 0.489 e. The molecule has 0 unspecified atom stereocenters. The molecule has 0 fully saturated rings. The third kappa shape index (κ3) is 4.65. The number of hydrogen-bond donors (Lipinski definition) is 1. The predicted octanol–water partition coefficient (Wildman–Crippen LogP) is 3.40. The summed E-state index contributed by atoms with van der Waals surface area (Å²) in [6.45, 7) is 0.271. The van der Waals surface area contributed by atoms with Gasteiger partial charge in [-0.05, 0) is 48.2 Å². The first kappa shape index (κ1) is 20.2. The van der Waals surface area contributed by atoms with Crippen LogP contribution in [0.1, 0.15) is 21.5 Å². The summed E-state index contributed by atoms with van der Waals surface area (Å²) < 4.78 is 10.5. The van der Waals surface area contributed by atoms with Crippen LogP contribution in [0.4, 0.5) is 0 Å². The second kappa shape index (κ2) is 9.08. The van der Waals surface area contributed by atoms with Gasteiger partial charge in [-0.25, -0.2) is 9.78 Å². The number of aromatic nitrogens is 2. The number of esters is 1. The highest BCUT2D eigenvalue weighted by molar-refractivity contribution is 7.98. The molecule has 1 heterocycles. The minimum atomic E-state index is -0.465. The highest BCUT2D eigenvalue weighted by atomic mass is 32.2. The van der Waals surface area contributed by atoms with Crippen LogP contribution in [0.3, 0.4) is 0 Å². The van der Waals surface area contributed by atoms with Crippen LogP contribution in [0.5, 0.6) is 5.75 Å². The van der Waals surface area contributed by atoms with E-state index in [-0.39, 0.29) is 12.2 Å². The SMILES string of the molecule is COC(=O)c1cccc(COc2ccc(-c3nc(SC)[nH]c(=O)c3C#N)cc2)c1. The third-order valence-electron chi connectivity index (χ3n) is 4.08. The van der Waals surface area contributed by atoms with Crippen LogP contribution in [-0.2, 0) is 11.3 Å². The Morgan fingerprint density at radius 3 is 2.66 bits per heavy atom. The van der Waals surface area contributed by atoms with Crippen molar-refractivity contribution in [2.24, 2.45) is 0 Å². The number of rotatable bonds is 6. The molecule has 0 bridgehead atoms. The van der Waals surface area contributed by atoms with Gasteiger partial charge < -0.3 is 14.5 Å². The summed E-state index contributed by atoms with van der Waals surface area (Å²) in [4.78, 5) is 30.6. The number of methoxy groups -OCH3 is 1. The standard InChI is InChI=1S/C21H17N3O4S/c1-27-20(26)15-5-3-4-13(10-15)12-28-16-8-6-14(7-9-16)18-17(11-22)19(25)24-21(23-18)29-2/h3-10H,12H2,1-2H3,(H,23,24,25). The molecule has 0 radical (unpaired) electrons. The van der Waals surface area contributed by atoms with Gasteiger partial charge in [0.05, 0.1) is 18.4 Å². The fourth-order valence-corrected chi connectivity index (χ4v) is 3.02. The lowest BCUT2D eigenvalue weighted by molar-refractivity contribution is 0.0600. The Bertz CT molecular complexity index is 1130. The maximum Gasteiger partial charge on any atom is 0.337 e. The van der Waals surface area contributed by atoms with Crippen molar-refractivity contribution >= 4 is 17.7 Å². The first-order valence-corrected chi connectivity index (χ1v) is 9.77. The van der Waals surface area contributed by atoms with E-state index < -0.39 is 11.5 Å². The quantitative estimate of drug-likeness (QED) is 0.379. The fourth-order valence-electron chi connectivity index (χ4n) is 2.64. The van der Waals surface area contributed by atoms with Gasteiger partial charge in [0, 0.05) is 5.56 Å². The Balaban J connectivity index is 1.78. The molecule has 0 aliphatic heterocycles. The normalized spacial score (nSPS) is 10.2. The van der Waals surface area contributed by atoms with Gasteiger partial charge in [0.1, 0.15) is 24.0 Å². The maximum absolute atomic E-state index is 12.1. The Morgan fingerprint density at radius 1 is 1.24 bits per heavy atom. The van der Waals surface area contributed by atoms with E-state index in [0.717, 1.165) is 5.56 Å². The number of benzene rings is 2. The van der Waals surface area contributed by atoms with Crippen molar-refractivity contribution in [1.82, 2.24) is 9.97 Å². The van der Waals surface area contributed by atoms with Crippen molar-refractivity contribution in [3.8, 4) is 23.1 Å². The van der Waals surface area contributed by atoms with Crippen LogP contribution in [0.2, 0.25) is 0 Å². The number of ether oxygens (including phenoxy) is 2. The Morgan fingerprint density at radius 2 is 2.00 bits per heavy atom. The number of nitrogens with one attached hydrogen (secondary N) is 1. The molecule has 0 amide bonds. The van der Waals surface area contributed by atoms with E-state index in [9.17, 15) is 14.9 Å². The Kier molecular flexibility index (Phi) is 6.32. The van der Waals surface area contributed by atoms with E-state index in [4.69, 9.17) is 9.47 Å². The number of hydrogen-bond acceptors (Lipinski definition) is 7. The zero-order valence-corrected chi connectivity index (χ0v) is 16.6. The van der Waals surface area contributed by atoms with E-state index in [0.29, 0.717) is 27.7 Å². The third-order valence-corrected chi connectivity index (χ3v) is 4.66. The van der Waals surface area contributed by atoms with Crippen molar-refractivity contribution in [2.45, 2.75) is 11.8 Å². The molecule has 8 heteroatoms. The summed E-state index contributed by atoms with van der Waals surface area (Å²) in [5.41, 5.74) is 1.76. The topological polar surface area (TPSA) is 105 Å². The molecule has 0 saturated carbocycles. The second-order valence-corrected chi connectivity index (χ2v) is 6.71. The van der Waals surface area contributed by atoms with E-state index >= 15 is 0 Å².